The lowest BCUT2D eigenvalue weighted by molar-refractivity contribution is -0.129. The Morgan fingerprint density at radius 2 is 1.94 bits per heavy atom. The molecule has 2 aromatic carbocycles. The van der Waals surface area contributed by atoms with Crippen LogP contribution in [0.15, 0.2) is 53.3 Å². The highest BCUT2D eigenvalue weighted by Gasteiger charge is 2.21. The van der Waals surface area contributed by atoms with E-state index in [0.717, 1.165) is 24.2 Å². The highest BCUT2D eigenvalue weighted by molar-refractivity contribution is 5.95. The Morgan fingerprint density at radius 1 is 1.16 bits per heavy atom. The number of aromatic nitrogens is 2. The van der Waals surface area contributed by atoms with E-state index in [1.54, 1.807) is 23.6 Å². The highest BCUT2D eigenvalue weighted by Crippen LogP contribution is 2.17. The first-order valence-corrected chi connectivity index (χ1v) is 10.5. The molecule has 0 saturated carbocycles. The number of nitrogens with one attached hydrogen (secondary N) is 1. The molecule has 2 atom stereocenters. The van der Waals surface area contributed by atoms with Crippen LogP contribution in [0.5, 0.6) is 0 Å². The Bertz CT molecular complexity index is 1190. The highest BCUT2D eigenvalue weighted by atomic mass is 16.5. The van der Waals surface area contributed by atoms with Crippen molar-refractivity contribution >= 4 is 22.8 Å². The van der Waals surface area contributed by atoms with Crippen molar-refractivity contribution in [3.05, 3.63) is 75.8 Å². The standard InChI is InChI=1S/C24H25N3O4/c1-15(17-7-4-3-5-8-17)14-25-22(28)16(2)31-24(30)18-10-11-19-20(13-18)26-21-9-6-12-27(21)23(19)29/h3-5,7-8,10-11,13,15-16H,6,9,12,14H2,1-2H3,(H,25,28)/t15-,16-/m0/s1. The molecule has 0 radical (unpaired) electrons. The molecule has 0 aliphatic carbocycles. The van der Waals surface area contributed by atoms with Gasteiger partial charge < -0.3 is 10.1 Å². The SMILES string of the molecule is C[C@H](OC(=O)c1ccc2c(=O)n3c(nc2c1)CCC3)C(=O)NC[C@H](C)c1ccccc1. The van der Waals surface area contributed by atoms with Crippen molar-refractivity contribution in [3.63, 3.8) is 0 Å². The molecule has 4 rings (SSSR count). The zero-order chi connectivity index (χ0) is 22.0. The lowest BCUT2D eigenvalue weighted by Crippen LogP contribution is -2.37. The van der Waals surface area contributed by atoms with Gasteiger partial charge in [0, 0.05) is 19.5 Å². The number of hydrogen-bond donors (Lipinski definition) is 1. The van der Waals surface area contributed by atoms with Crippen LogP contribution in [0.1, 0.15) is 47.9 Å². The van der Waals surface area contributed by atoms with Crippen LogP contribution in [-0.2, 0) is 22.5 Å². The van der Waals surface area contributed by atoms with Gasteiger partial charge in [-0.1, -0.05) is 37.3 Å². The molecule has 1 aromatic heterocycles. The number of hydrogen-bond acceptors (Lipinski definition) is 5. The Kier molecular flexibility index (Phi) is 5.84. The number of fused-ring (bicyclic) bond motifs is 2. The first-order valence-electron chi connectivity index (χ1n) is 10.5. The monoisotopic (exact) mass is 419 g/mol. The van der Waals surface area contributed by atoms with E-state index in [4.69, 9.17) is 4.74 Å². The van der Waals surface area contributed by atoms with Gasteiger partial charge in [-0.25, -0.2) is 9.78 Å². The summed E-state index contributed by atoms with van der Waals surface area (Å²) in [5, 5.41) is 3.31. The summed E-state index contributed by atoms with van der Waals surface area (Å²) in [6, 6.07) is 14.6. The maximum atomic E-state index is 12.6. The van der Waals surface area contributed by atoms with Crippen LogP contribution in [-0.4, -0.2) is 34.1 Å². The average Bonchev–Trinajstić information content (AvgIpc) is 3.26. The smallest absolute Gasteiger partial charge is 0.338 e. The number of rotatable bonds is 6. The van der Waals surface area contributed by atoms with Gasteiger partial charge in [-0.05, 0) is 43.0 Å². The summed E-state index contributed by atoms with van der Waals surface area (Å²) in [5.41, 5.74) is 1.78. The summed E-state index contributed by atoms with van der Waals surface area (Å²) in [6.07, 6.45) is 0.700. The number of ether oxygens (including phenoxy) is 1. The van der Waals surface area contributed by atoms with Gasteiger partial charge in [0.15, 0.2) is 6.10 Å². The fourth-order valence-electron chi connectivity index (χ4n) is 3.79. The molecule has 0 fully saturated rings. The number of carbonyl (C=O) groups excluding carboxylic acids is 2. The fraction of sp³-hybridized carbons (Fsp3) is 0.333. The lowest BCUT2D eigenvalue weighted by atomic mass is 10.0. The van der Waals surface area contributed by atoms with Crippen LogP contribution in [0.25, 0.3) is 10.9 Å². The third kappa shape index (κ3) is 4.35. The molecule has 31 heavy (non-hydrogen) atoms. The van der Waals surface area contributed by atoms with Crippen LogP contribution < -0.4 is 10.9 Å². The van der Waals surface area contributed by atoms with E-state index in [-0.39, 0.29) is 22.9 Å². The molecular formula is C24H25N3O4. The van der Waals surface area contributed by atoms with Crippen molar-refractivity contribution in [2.24, 2.45) is 0 Å². The van der Waals surface area contributed by atoms with Crippen LogP contribution in [0.4, 0.5) is 0 Å². The van der Waals surface area contributed by atoms with Crippen LogP contribution in [0.2, 0.25) is 0 Å². The summed E-state index contributed by atoms with van der Waals surface area (Å²) < 4.78 is 7.03. The molecule has 1 N–H and O–H groups in total. The molecule has 0 bridgehead atoms. The van der Waals surface area contributed by atoms with Crippen LogP contribution >= 0.6 is 0 Å². The van der Waals surface area contributed by atoms with Crippen molar-refractivity contribution in [1.29, 1.82) is 0 Å². The first-order chi connectivity index (χ1) is 14.9. The van der Waals surface area contributed by atoms with E-state index in [2.05, 4.69) is 10.3 Å². The number of esters is 1. The minimum absolute atomic E-state index is 0.0855. The molecule has 1 aliphatic heterocycles. The van der Waals surface area contributed by atoms with Crippen molar-refractivity contribution in [2.45, 2.75) is 45.3 Å². The number of carbonyl (C=O) groups is 2. The zero-order valence-corrected chi connectivity index (χ0v) is 17.6. The molecule has 160 valence electrons. The quantitative estimate of drug-likeness (QED) is 0.621. The normalized spacial score (nSPS) is 14.6. The molecule has 2 heterocycles. The largest absolute Gasteiger partial charge is 0.449 e. The second-order valence-electron chi connectivity index (χ2n) is 7.92. The van der Waals surface area contributed by atoms with E-state index in [1.165, 1.54) is 6.07 Å². The van der Waals surface area contributed by atoms with E-state index in [9.17, 15) is 14.4 Å². The molecular weight excluding hydrogens is 394 g/mol. The number of benzene rings is 2. The minimum Gasteiger partial charge on any atom is -0.449 e. The van der Waals surface area contributed by atoms with Crippen molar-refractivity contribution in [1.82, 2.24) is 14.9 Å². The molecule has 0 unspecified atom stereocenters. The molecule has 0 saturated heterocycles. The van der Waals surface area contributed by atoms with E-state index >= 15 is 0 Å². The summed E-state index contributed by atoms with van der Waals surface area (Å²) in [7, 11) is 0. The van der Waals surface area contributed by atoms with Gasteiger partial charge in [0.2, 0.25) is 0 Å². The third-order valence-electron chi connectivity index (χ3n) is 5.66. The lowest BCUT2D eigenvalue weighted by Gasteiger charge is -2.17. The van der Waals surface area contributed by atoms with E-state index in [0.29, 0.717) is 24.0 Å². The zero-order valence-electron chi connectivity index (χ0n) is 17.6. The predicted molar refractivity (Wildman–Crippen MR) is 117 cm³/mol. The number of aryl methyl sites for hydroxylation is 1. The molecule has 1 aliphatic rings. The number of nitrogens with zero attached hydrogens (tertiary/aromatic N) is 2. The van der Waals surface area contributed by atoms with Gasteiger partial charge in [0.1, 0.15) is 5.82 Å². The van der Waals surface area contributed by atoms with Gasteiger partial charge in [0.25, 0.3) is 11.5 Å². The van der Waals surface area contributed by atoms with Gasteiger partial charge in [-0.15, -0.1) is 0 Å². The second kappa shape index (κ2) is 8.71. The molecule has 1 amide bonds. The topological polar surface area (TPSA) is 90.3 Å². The Labute approximate surface area is 180 Å². The van der Waals surface area contributed by atoms with Gasteiger partial charge in [-0.3, -0.25) is 14.2 Å². The molecule has 7 nitrogen and oxygen atoms in total. The number of amides is 1. The summed E-state index contributed by atoms with van der Waals surface area (Å²) in [5.74, 6) is -0.0991. The maximum Gasteiger partial charge on any atom is 0.338 e. The summed E-state index contributed by atoms with van der Waals surface area (Å²) in [4.78, 5) is 42.0. The molecule has 0 spiro atoms. The first kappa shape index (κ1) is 20.8. The maximum absolute atomic E-state index is 12.6. The average molecular weight is 419 g/mol. The summed E-state index contributed by atoms with van der Waals surface area (Å²) >= 11 is 0. The Balaban J connectivity index is 1.40. The second-order valence-corrected chi connectivity index (χ2v) is 7.92. The van der Waals surface area contributed by atoms with Gasteiger partial charge in [-0.2, -0.15) is 0 Å². The van der Waals surface area contributed by atoms with Crippen LogP contribution in [0.3, 0.4) is 0 Å². The summed E-state index contributed by atoms with van der Waals surface area (Å²) in [6.45, 7) is 4.68. The predicted octanol–water partition coefficient (Wildman–Crippen LogP) is 2.81. The van der Waals surface area contributed by atoms with Crippen LogP contribution in [0, 0.1) is 0 Å². The molecule has 7 heteroatoms. The molecule has 3 aromatic rings. The van der Waals surface area contributed by atoms with E-state index in [1.807, 2.05) is 37.3 Å². The van der Waals surface area contributed by atoms with Crippen molar-refractivity contribution in [2.75, 3.05) is 6.54 Å². The minimum atomic E-state index is -0.940. The van der Waals surface area contributed by atoms with Gasteiger partial charge in [0.05, 0.1) is 16.5 Å². The Morgan fingerprint density at radius 3 is 2.71 bits per heavy atom. The third-order valence-corrected chi connectivity index (χ3v) is 5.66. The van der Waals surface area contributed by atoms with Crippen molar-refractivity contribution in [3.8, 4) is 0 Å². The van der Waals surface area contributed by atoms with E-state index < -0.39 is 12.1 Å². The van der Waals surface area contributed by atoms with Gasteiger partial charge >= 0.3 is 5.97 Å². The van der Waals surface area contributed by atoms with Crippen molar-refractivity contribution < 1.29 is 14.3 Å². The Hall–Kier alpha value is -3.48. The fourth-order valence-corrected chi connectivity index (χ4v) is 3.79.